The van der Waals surface area contributed by atoms with Gasteiger partial charge in [-0.25, -0.2) is 4.79 Å². The summed E-state index contributed by atoms with van der Waals surface area (Å²) in [6, 6.07) is 0.0426. The quantitative estimate of drug-likeness (QED) is 0.723. The van der Waals surface area contributed by atoms with Gasteiger partial charge in [0.25, 0.3) is 0 Å². The van der Waals surface area contributed by atoms with E-state index in [1.807, 2.05) is 27.7 Å². The third-order valence-corrected chi connectivity index (χ3v) is 2.87. The van der Waals surface area contributed by atoms with Gasteiger partial charge in [0.2, 0.25) is 0 Å². The van der Waals surface area contributed by atoms with E-state index < -0.39 is 5.60 Å². The van der Waals surface area contributed by atoms with Crippen LogP contribution >= 0.6 is 0 Å². The molecule has 0 heterocycles. The lowest BCUT2D eigenvalue weighted by molar-refractivity contribution is 0.0370. The van der Waals surface area contributed by atoms with Crippen LogP contribution in [0, 0.1) is 5.92 Å². The predicted octanol–water partition coefficient (Wildman–Crippen LogP) is 2.06. The van der Waals surface area contributed by atoms with Crippen LogP contribution in [0.3, 0.4) is 0 Å². The highest BCUT2D eigenvalue weighted by Crippen LogP contribution is 2.24. The van der Waals surface area contributed by atoms with Crippen LogP contribution in [-0.2, 0) is 4.74 Å². The Morgan fingerprint density at radius 1 is 1.38 bits per heavy atom. The van der Waals surface area contributed by atoms with Crippen LogP contribution in [-0.4, -0.2) is 28.9 Å². The summed E-state index contributed by atoms with van der Waals surface area (Å²) in [4.78, 5) is 11.5. The summed E-state index contributed by atoms with van der Waals surface area (Å²) in [5, 5.41) is 12.5. The lowest BCUT2D eigenvalue weighted by Gasteiger charge is -2.32. The first-order valence-corrected chi connectivity index (χ1v) is 5.95. The average molecular weight is 229 g/mol. The normalized spacial score (nSPS) is 30.9. The van der Waals surface area contributed by atoms with Crippen LogP contribution in [0.4, 0.5) is 4.79 Å². The molecular formula is C12H23NO3. The number of alkyl carbamates (subject to hydrolysis) is 1. The number of aliphatic hydroxyl groups excluding tert-OH is 1. The second-order valence-electron chi connectivity index (χ2n) is 5.70. The summed E-state index contributed by atoms with van der Waals surface area (Å²) < 4.78 is 5.17. The minimum Gasteiger partial charge on any atom is -0.444 e. The van der Waals surface area contributed by atoms with E-state index in [4.69, 9.17) is 4.74 Å². The van der Waals surface area contributed by atoms with Crippen molar-refractivity contribution in [3.63, 3.8) is 0 Å². The first-order valence-electron chi connectivity index (χ1n) is 5.95. The topological polar surface area (TPSA) is 58.6 Å². The molecule has 4 nitrogen and oxygen atoms in total. The fraction of sp³-hybridized carbons (Fsp3) is 0.917. The van der Waals surface area contributed by atoms with Crippen LogP contribution < -0.4 is 5.32 Å². The summed E-state index contributed by atoms with van der Waals surface area (Å²) in [5.74, 6) is 0.330. The van der Waals surface area contributed by atoms with E-state index in [2.05, 4.69) is 5.32 Å². The van der Waals surface area contributed by atoms with Crippen molar-refractivity contribution in [3.8, 4) is 0 Å². The molecule has 0 saturated heterocycles. The van der Waals surface area contributed by atoms with E-state index in [1.54, 1.807) is 0 Å². The molecule has 1 unspecified atom stereocenters. The second-order valence-corrected chi connectivity index (χ2v) is 5.70. The van der Waals surface area contributed by atoms with Gasteiger partial charge in [-0.3, -0.25) is 0 Å². The fourth-order valence-electron chi connectivity index (χ4n) is 1.90. The smallest absolute Gasteiger partial charge is 0.407 e. The lowest BCUT2D eigenvalue weighted by Crippen LogP contribution is -2.44. The Bertz CT molecular complexity index is 247. The first kappa shape index (κ1) is 13.3. The number of carbonyl (C=O) groups is 1. The molecule has 1 amide bonds. The van der Waals surface area contributed by atoms with Gasteiger partial charge >= 0.3 is 6.09 Å². The molecule has 0 aromatic rings. The Balaban J connectivity index is 2.35. The Kier molecular flexibility index (Phi) is 4.19. The number of hydrogen-bond donors (Lipinski definition) is 2. The molecule has 2 N–H and O–H groups in total. The molecule has 4 heteroatoms. The summed E-state index contributed by atoms with van der Waals surface area (Å²) in [7, 11) is 0. The van der Waals surface area contributed by atoms with E-state index >= 15 is 0 Å². The van der Waals surface area contributed by atoms with E-state index in [1.165, 1.54) is 0 Å². The van der Waals surface area contributed by atoms with Gasteiger partial charge in [0, 0.05) is 6.04 Å². The number of rotatable bonds is 1. The zero-order valence-electron chi connectivity index (χ0n) is 10.6. The van der Waals surface area contributed by atoms with Crippen molar-refractivity contribution < 1.29 is 14.6 Å². The monoisotopic (exact) mass is 229 g/mol. The summed E-state index contributed by atoms with van der Waals surface area (Å²) >= 11 is 0. The maximum absolute atomic E-state index is 11.5. The minimum atomic E-state index is -0.468. The van der Waals surface area contributed by atoms with Crippen LogP contribution in [0.25, 0.3) is 0 Å². The standard InChI is InChI=1S/C12H23NO3/c1-8-5-6-9(7-10(8)14)13-11(15)16-12(2,3)4/h8-10,14H,5-7H2,1-4H3,(H,13,15)/t8?,9-,10+/m1/s1. The van der Waals surface area contributed by atoms with Gasteiger partial charge in [-0.05, 0) is 46.0 Å². The molecule has 0 aliphatic heterocycles. The highest BCUT2D eigenvalue weighted by Gasteiger charge is 2.28. The predicted molar refractivity (Wildman–Crippen MR) is 62.2 cm³/mol. The molecule has 1 aliphatic rings. The van der Waals surface area contributed by atoms with Crippen molar-refractivity contribution in [3.05, 3.63) is 0 Å². The Morgan fingerprint density at radius 3 is 2.50 bits per heavy atom. The molecule has 1 fully saturated rings. The van der Waals surface area contributed by atoms with Crippen LogP contribution in [0.2, 0.25) is 0 Å². The number of aliphatic hydroxyl groups is 1. The van der Waals surface area contributed by atoms with Gasteiger partial charge in [-0.2, -0.15) is 0 Å². The molecule has 1 saturated carbocycles. The molecular weight excluding hydrogens is 206 g/mol. The van der Waals surface area contributed by atoms with Crippen LogP contribution in [0.1, 0.15) is 47.0 Å². The molecule has 0 aromatic heterocycles. The highest BCUT2D eigenvalue weighted by atomic mass is 16.6. The molecule has 0 radical (unpaired) electrons. The molecule has 0 bridgehead atoms. The highest BCUT2D eigenvalue weighted by molar-refractivity contribution is 5.68. The van der Waals surface area contributed by atoms with E-state index in [0.717, 1.165) is 12.8 Å². The summed E-state index contributed by atoms with van der Waals surface area (Å²) in [6.07, 6.45) is 1.78. The molecule has 16 heavy (non-hydrogen) atoms. The molecule has 1 aliphatic carbocycles. The van der Waals surface area contributed by atoms with Crippen molar-refractivity contribution in [2.24, 2.45) is 5.92 Å². The summed E-state index contributed by atoms with van der Waals surface area (Å²) in [6.45, 7) is 7.55. The number of carbonyl (C=O) groups excluding carboxylic acids is 1. The SMILES string of the molecule is CC1CC[C@@H](NC(=O)OC(C)(C)C)C[C@@H]1O. The summed E-state index contributed by atoms with van der Waals surface area (Å²) in [5.41, 5.74) is -0.468. The molecule has 1 rings (SSSR count). The number of ether oxygens (including phenoxy) is 1. The van der Waals surface area contributed by atoms with Gasteiger partial charge in [-0.1, -0.05) is 6.92 Å². The Morgan fingerprint density at radius 2 is 2.00 bits per heavy atom. The molecule has 0 spiro atoms. The Labute approximate surface area is 97.4 Å². The zero-order valence-corrected chi connectivity index (χ0v) is 10.6. The maximum Gasteiger partial charge on any atom is 0.407 e. The van der Waals surface area contributed by atoms with E-state index in [-0.39, 0.29) is 18.2 Å². The van der Waals surface area contributed by atoms with Crippen molar-refractivity contribution in [2.45, 2.75) is 64.7 Å². The largest absolute Gasteiger partial charge is 0.444 e. The molecule has 0 aromatic carbocycles. The van der Waals surface area contributed by atoms with Crippen molar-refractivity contribution in [2.75, 3.05) is 0 Å². The third kappa shape index (κ3) is 4.39. The maximum atomic E-state index is 11.5. The number of amides is 1. The lowest BCUT2D eigenvalue weighted by atomic mass is 9.85. The third-order valence-electron chi connectivity index (χ3n) is 2.87. The van der Waals surface area contributed by atoms with Gasteiger partial charge in [-0.15, -0.1) is 0 Å². The van der Waals surface area contributed by atoms with Crippen LogP contribution in [0.15, 0.2) is 0 Å². The van der Waals surface area contributed by atoms with Gasteiger partial charge in [0.05, 0.1) is 6.10 Å². The average Bonchev–Trinajstić information content (AvgIpc) is 2.08. The minimum absolute atomic E-state index is 0.0426. The number of nitrogens with one attached hydrogen (secondary N) is 1. The van der Waals surface area contributed by atoms with Crippen molar-refractivity contribution in [1.29, 1.82) is 0 Å². The van der Waals surface area contributed by atoms with Gasteiger partial charge in [0.1, 0.15) is 5.60 Å². The van der Waals surface area contributed by atoms with E-state index in [0.29, 0.717) is 12.3 Å². The fourth-order valence-corrected chi connectivity index (χ4v) is 1.90. The zero-order chi connectivity index (χ0) is 12.3. The second kappa shape index (κ2) is 5.04. The van der Waals surface area contributed by atoms with Crippen molar-refractivity contribution >= 4 is 6.09 Å². The molecule has 3 atom stereocenters. The van der Waals surface area contributed by atoms with E-state index in [9.17, 15) is 9.90 Å². The molecule has 94 valence electrons. The Hall–Kier alpha value is -0.770. The number of hydrogen-bond acceptors (Lipinski definition) is 3. The van der Waals surface area contributed by atoms with Gasteiger partial charge < -0.3 is 15.2 Å². The first-order chi connectivity index (χ1) is 7.28. The van der Waals surface area contributed by atoms with Crippen molar-refractivity contribution in [1.82, 2.24) is 5.32 Å². The van der Waals surface area contributed by atoms with Crippen LogP contribution in [0.5, 0.6) is 0 Å². The van der Waals surface area contributed by atoms with Gasteiger partial charge in [0.15, 0.2) is 0 Å².